The molecule has 4 aromatic carbocycles. The largest absolute Gasteiger partial charge is 0.508 e. The molecule has 4 aromatic rings. The molecule has 2 heterocycles. The van der Waals surface area contributed by atoms with Gasteiger partial charge >= 0.3 is 10.1 Å². The molecule has 1 fully saturated rings. The molecular formula is C33H28O8S. The van der Waals surface area contributed by atoms with Gasteiger partial charge in [0.25, 0.3) is 0 Å². The minimum atomic E-state index is -4.08. The van der Waals surface area contributed by atoms with E-state index < -0.39 is 27.6 Å². The van der Waals surface area contributed by atoms with Gasteiger partial charge in [-0.25, -0.2) is 0 Å². The highest BCUT2D eigenvalue weighted by Gasteiger charge is 2.53. The Kier molecular flexibility index (Phi) is 7.14. The van der Waals surface area contributed by atoms with E-state index in [-0.39, 0.29) is 29.4 Å². The molecule has 6 rings (SSSR count). The second kappa shape index (κ2) is 10.9. The van der Waals surface area contributed by atoms with Gasteiger partial charge in [-0.2, -0.15) is 8.42 Å². The zero-order valence-electron chi connectivity index (χ0n) is 22.5. The van der Waals surface area contributed by atoms with Crippen LogP contribution in [-0.2, 0) is 14.9 Å². The van der Waals surface area contributed by atoms with Gasteiger partial charge in [-0.15, -0.1) is 0 Å². The average molecular weight is 585 g/mol. The normalized spacial score (nSPS) is 19.9. The van der Waals surface area contributed by atoms with Crippen molar-refractivity contribution in [2.45, 2.75) is 23.9 Å². The van der Waals surface area contributed by atoms with Crippen molar-refractivity contribution in [2.75, 3.05) is 7.11 Å². The standard InChI is InChI=1S/C33H28O8S/c1-39-27-3-2-4-28(18-27)41-42(37,38)30-19-29-31(22-11-13-24(34)14-12-22)32(33(30)40-29)23-9-7-20(8-10-23)5-6-21-15-25(35)17-26(36)16-21/h2-18,29-30,33-36H,19H2,1H3/b6-5+. The third-order valence-electron chi connectivity index (χ3n) is 7.41. The van der Waals surface area contributed by atoms with Crippen LogP contribution in [0.1, 0.15) is 28.7 Å². The summed E-state index contributed by atoms with van der Waals surface area (Å²) in [5, 5.41) is 28.4. The van der Waals surface area contributed by atoms with Crippen LogP contribution in [0.25, 0.3) is 23.3 Å². The number of phenolic OH excluding ortho intramolecular Hbond substituents is 3. The maximum atomic E-state index is 13.5. The van der Waals surface area contributed by atoms with Crippen LogP contribution in [0.5, 0.6) is 28.7 Å². The fourth-order valence-electron chi connectivity index (χ4n) is 5.52. The van der Waals surface area contributed by atoms with Crippen molar-refractivity contribution >= 4 is 33.4 Å². The summed E-state index contributed by atoms with van der Waals surface area (Å²) in [6.45, 7) is 0. The van der Waals surface area contributed by atoms with Crippen LogP contribution in [-0.4, -0.2) is 48.3 Å². The van der Waals surface area contributed by atoms with Crippen molar-refractivity contribution in [3.63, 3.8) is 0 Å². The number of rotatable bonds is 8. The molecule has 0 saturated carbocycles. The number of hydrogen-bond acceptors (Lipinski definition) is 8. The Bertz CT molecular complexity index is 1770. The highest BCUT2D eigenvalue weighted by Crippen LogP contribution is 2.51. The molecule has 42 heavy (non-hydrogen) atoms. The summed E-state index contributed by atoms with van der Waals surface area (Å²) in [4.78, 5) is 0. The summed E-state index contributed by atoms with van der Waals surface area (Å²) >= 11 is 0. The topological polar surface area (TPSA) is 123 Å². The van der Waals surface area contributed by atoms with Gasteiger partial charge in [0.15, 0.2) is 0 Å². The number of ether oxygens (including phenoxy) is 2. The average Bonchev–Trinajstić information content (AvgIpc) is 3.56. The fraction of sp³-hybridized carbons (Fsp3) is 0.152. The Morgan fingerprint density at radius 3 is 2.05 bits per heavy atom. The number of aromatic hydroxyl groups is 3. The Balaban J connectivity index is 1.34. The molecule has 0 aromatic heterocycles. The molecule has 214 valence electrons. The zero-order valence-corrected chi connectivity index (χ0v) is 23.4. The molecule has 0 spiro atoms. The lowest BCUT2D eigenvalue weighted by molar-refractivity contribution is 0.128. The summed E-state index contributed by atoms with van der Waals surface area (Å²) in [6.07, 6.45) is 2.62. The van der Waals surface area contributed by atoms with Crippen LogP contribution in [0.3, 0.4) is 0 Å². The summed E-state index contributed by atoms with van der Waals surface area (Å²) in [6, 6.07) is 25.2. The van der Waals surface area contributed by atoms with Crippen molar-refractivity contribution < 1.29 is 37.4 Å². The van der Waals surface area contributed by atoms with Crippen LogP contribution < -0.4 is 8.92 Å². The minimum Gasteiger partial charge on any atom is -0.508 e. The number of methoxy groups -OCH3 is 1. The van der Waals surface area contributed by atoms with Crippen LogP contribution in [0.4, 0.5) is 0 Å². The highest BCUT2D eigenvalue weighted by atomic mass is 32.2. The summed E-state index contributed by atoms with van der Waals surface area (Å²) in [5.41, 5.74) is 4.79. The Morgan fingerprint density at radius 1 is 0.738 bits per heavy atom. The molecule has 2 aliphatic heterocycles. The predicted molar refractivity (Wildman–Crippen MR) is 160 cm³/mol. The molecule has 8 nitrogen and oxygen atoms in total. The first-order valence-corrected chi connectivity index (χ1v) is 14.7. The van der Waals surface area contributed by atoms with Gasteiger partial charge < -0.3 is 29.0 Å². The predicted octanol–water partition coefficient (Wildman–Crippen LogP) is 5.84. The van der Waals surface area contributed by atoms with Crippen molar-refractivity contribution in [3.05, 3.63) is 113 Å². The van der Waals surface area contributed by atoms with E-state index in [0.717, 1.165) is 27.8 Å². The molecule has 0 amide bonds. The molecule has 2 aliphatic rings. The van der Waals surface area contributed by atoms with Gasteiger partial charge in [0, 0.05) is 18.6 Å². The lowest BCUT2D eigenvalue weighted by Crippen LogP contribution is -2.35. The molecule has 3 unspecified atom stereocenters. The molecule has 0 aliphatic carbocycles. The first-order valence-electron chi connectivity index (χ1n) is 13.3. The smallest absolute Gasteiger partial charge is 0.315 e. The maximum absolute atomic E-state index is 13.5. The fourth-order valence-corrected chi connectivity index (χ4v) is 6.93. The summed E-state index contributed by atoms with van der Waals surface area (Å²) in [7, 11) is -2.59. The van der Waals surface area contributed by atoms with E-state index >= 15 is 0 Å². The maximum Gasteiger partial charge on any atom is 0.315 e. The Labute approximate surface area is 243 Å². The number of fused-ring (bicyclic) bond motifs is 2. The van der Waals surface area contributed by atoms with Crippen LogP contribution in [0, 0.1) is 0 Å². The quantitative estimate of drug-likeness (QED) is 0.174. The highest BCUT2D eigenvalue weighted by molar-refractivity contribution is 7.87. The van der Waals surface area contributed by atoms with Crippen molar-refractivity contribution in [1.29, 1.82) is 0 Å². The van der Waals surface area contributed by atoms with Crippen molar-refractivity contribution in [1.82, 2.24) is 0 Å². The first kappa shape index (κ1) is 27.4. The molecular weight excluding hydrogens is 556 g/mol. The van der Waals surface area contributed by atoms with Crippen LogP contribution in [0.2, 0.25) is 0 Å². The number of benzene rings is 4. The van der Waals surface area contributed by atoms with Gasteiger partial charge in [-0.1, -0.05) is 54.6 Å². The van der Waals surface area contributed by atoms with Gasteiger partial charge in [-0.05, 0) is 69.8 Å². The van der Waals surface area contributed by atoms with Gasteiger partial charge in [0.05, 0.1) is 13.2 Å². The Morgan fingerprint density at radius 2 is 1.36 bits per heavy atom. The molecule has 9 heteroatoms. The molecule has 3 N–H and O–H groups in total. The molecule has 3 atom stereocenters. The van der Waals surface area contributed by atoms with E-state index in [9.17, 15) is 23.7 Å². The van der Waals surface area contributed by atoms with Crippen molar-refractivity contribution in [3.8, 4) is 28.7 Å². The van der Waals surface area contributed by atoms with E-state index in [1.165, 1.54) is 19.2 Å². The van der Waals surface area contributed by atoms with Crippen LogP contribution in [0.15, 0.2) is 91.0 Å². The molecule has 2 bridgehead atoms. The van der Waals surface area contributed by atoms with Crippen molar-refractivity contribution in [2.24, 2.45) is 0 Å². The third-order valence-corrected chi connectivity index (χ3v) is 9.02. The second-order valence-electron chi connectivity index (χ2n) is 10.2. The molecule has 1 saturated heterocycles. The zero-order chi connectivity index (χ0) is 29.4. The monoisotopic (exact) mass is 584 g/mol. The first-order chi connectivity index (χ1) is 20.2. The lowest BCUT2D eigenvalue weighted by Gasteiger charge is -2.25. The third kappa shape index (κ3) is 5.44. The summed E-state index contributed by atoms with van der Waals surface area (Å²) < 4.78 is 44.1. The van der Waals surface area contributed by atoms with E-state index in [1.807, 2.05) is 30.3 Å². The van der Waals surface area contributed by atoms with Gasteiger partial charge in [-0.3, -0.25) is 0 Å². The van der Waals surface area contributed by atoms with E-state index in [0.29, 0.717) is 11.3 Å². The van der Waals surface area contributed by atoms with Crippen LogP contribution >= 0.6 is 0 Å². The summed E-state index contributed by atoms with van der Waals surface area (Å²) in [5.74, 6) is 0.716. The Hall–Kier alpha value is -4.73. The van der Waals surface area contributed by atoms with E-state index in [2.05, 4.69) is 0 Å². The molecule has 0 radical (unpaired) electrons. The van der Waals surface area contributed by atoms with E-state index in [1.54, 1.807) is 60.7 Å². The number of hydrogen-bond donors (Lipinski definition) is 3. The second-order valence-corrected chi connectivity index (χ2v) is 11.9. The minimum absolute atomic E-state index is 0.0325. The SMILES string of the molecule is COc1cccc(OS(=O)(=O)C2CC3OC2C(c2ccc(/C=C/c4cc(O)cc(O)c4)cc2)=C3c2ccc(O)cc2)c1. The van der Waals surface area contributed by atoms with E-state index in [4.69, 9.17) is 13.7 Å². The lowest BCUT2D eigenvalue weighted by atomic mass is 9.83. The van der Waals surface area contributed by atoms with Gasteiger partial charge in [0.2, 0.25) is 0 Å². The van der Waals surface area contributed by atoms with Gasteiger partial charge in [0.1, 0.15) is 40.1 Å². The number of phenols is 3.